The van der Waals surface area contributed by atoms with Crippen molar-refractivity contribution in [3.63, 3.8) is 0 Å². The van der Waals surface area contributed by atoms with Crippen molar-refractivity contribution in [2.45, 2.75) is 36.8 Å². The predicted octanol–water partition coefficient (Wildman–Crippen LogP) is 1.54. The summed E-state index contributed by atoms with van der Waals surface area (Å²) in [6, 6.07) is 5.51. The van der Waals surface area contributed by atoms with Gasteiger partial charge in [-0.3, -0.25) is 9.59 Å². The third kappa shape index (κ3) is 6.66. The van der Waals surface area contributed by atoms with Gasteiger partial charge in [0.05, 0.1) is 17.9 Å². The Kier molecular flexibility index (Phi) is 6.83. The molecule has 25 heavy (non-hydrogen) atoms. The van der Waals surface area contributed by atoms with E-state index >= 15 is 0 Å². The molecule has 0 spiro atoms. The largest absolute Gasteiger partial charge is 0.453 e. The quantitative estimate of drug-likeness (QED) is 0.562. The van der Waals surface area contributed by atoms with E-state index in [4.69, 9.17) is 4.74 Å². The van der Waals surface area contributed by atoms with Crippen LogP contribution >= 0.6 is 11.8 Å². The fraction of sp³-hybridized carbons (Fsp3) is 0.500. The Labute approximate surface area is 150 Å². The van der Waals surface area contributed by atoms with Crippen LogP contribution < -0.4 is 5.32 Å². The molecule has 1 N–H and O–H groups in total. The minimum Gasteiger partial charge on any atom is -0.453 e. The van der Waals surface area contributed by atoms with Crippen LogP contribution in [0.3, 0.4) is 0 Å². The zero-order valence-electron chi connectivity index (χ0n) is 13.7. The van der Waals surface area contributed by atoms with E-state index in [1.54, 1.807) is 12.1 Å². The SMILES string of the molecule is C[C@@H](OC(=O)CCSc1ccc(F)cc1)C(=O)N[C@H]1CCS(=O)(=O)C1. The summed E-state index contributed by atoms with van der Waals surface area (Å²) in [6.45, 7) is 1.45. The zero-order chi connectivity index (χ0) is 18.4. The van der Waals surface area contributed by atoms with Gasteiger partial charge in [-0.2, -0.15) is 0 Å². The first kappa shape index (κ1) is 19.7. The number of esters is 1. The van der Waals surface area contributed by atoms with Crippen molar-refractivity contribution in [2.24, 2.45) is 0 Å². The number of sulfone groups is 1. The maximum Gasteiger partial charge on any atom is 0.307 e. The molecule has 2 atom stereocenters. The fourth-order valence-electron chi connectivity index (χ4n) is 2.32. The maximum atomic E-state index is 12.8. The summed E-state index contributed by atoms with van der Waals surface area (Å²) in [5, 5.41) is 2.59. The summed E-state index contributed by atoms with van der Waals surface area (Å²) < 4.78 is 40.6. The van der Waals surface area contributed by atoms with Crippen molar-refractivity contribution >= 4 is 33.5 Å². The average molecular weight is 389 g/mol. The van der Waals surface area contributed by atoms with Gasteiger partial charge >= 0.3 is 5.97 Å². The second kappa shape index (κ2) is 8.66. The van der Waals surface area contributed by atoms with Crippen molar-refractivity contribution in [1.82, 2.24) is 5.32 Å². The molecule has 1 aliphatic heterocycles. The van der Waals surface area contributed by atoms with Gasteiger partial charge in [-0.15, -0.1) is 11.8 Å². The van der Waals surface area contributed by atoms with Gasteiger partial charge in [0, 0.05) is 16.7 Å². The third-order valence-electron chi connectivity index (χ3n) is 3.64. The Hall–Kier alpha value is -1.61. The van der Waals surface area contributed by atoms with Crippen LogP contribution in [0.25, 0.3) is 0 Å². The van der Waals surface area contributed by atoms with E-state index in [-0.39, 0.29) is 23.7 Å². The first-order valence-corrected chi connectivity index (χ1v) is 10.6. The molecule has 1 aromatic carbocycles. The van der Waals surface area contributed by atoms with E-state index in [1.807, 2.05) is 0 Å². The summed E-state index contributed by atoms with van der Waals surface area (Å²) in [6.07, 6.45) is -0.493. The highest BCUT2D eigenvalue weighted by atomic mass is 32.2. The normalized spacial score (nSPS) is 20.0. The molecular weight excluding hydrogens is 369 g/mol. The number of ether oxygens (including phenoxy) is 1. The number of amides is 1. The molecule has 6 nitrogen and oxygen atoms in total. The lowest BCUT2D eigenvalue weighted by Gasteiger charge is -2.16. The van der Waals surface area contributed by atoms with Crippen LogP contribution in [0.4, 0.5) is 4.39 Å². The predicted molar refractivity (Wildman–Crippen MR) is 92.5 cm³/mol. The lowest BCUT2D eigenvalue weighted by atomic mass is 10.2. The van der Waals surface area contributed by atoms with Gasteiger partial charge in [0.25, 0.3) is 5.91 Å². The highest BCUT2D eigenvalue weighted by Gasteiger charge is 2.30. The standard InChI is InChI=1S/C16H20FNO5S2/c1-11(16(20)18-13-7-9-25(21,22)10-13)23-15(19)6-8-24-14-4-2-12(17)3-5-14/h2-5,11,13H,6-10H2,1H3,(H,18,20)/t11-,13+/m1/s1. The molecule has 138 valence electrons. The number of carbonyl (C=O) groups is 2. The number of hydrogen-bond donors (Lipinski definition) is 1. The second-order valence-corrected chi connectivity index (χ2v) is 9.19. The third-order valence-corrected chi connectivity index (χ3v) is 6.43. The average Bonchev–Trinajstić information content (AvgIpc) is 2.88. The Morgan fingerprint density at radius 3 is 2.64 bits per heavy atom. The highest BCUT2D eigenvalue weighted by molar-refractivity contribution is 7.99. The van der Waals surface area contributed by atoms with E-state index in [9.17, 15) is 22.4 Å². The van der Waals surface area contributed by atoms with E-state index in [0.717, 1.165) is 4.90 Å². The van der Waals surface area contributed by atoms with E-state index in [1.165, 1.54) is 30.8 Å². The lowest BCUT2D eigenvalue weighted by molar-refractivity contribution is -0.154. The molecule has 0 aromatic heterocycles. The molecule has 1 heterocycles. The van der Waals surface area contributed by atoms with Gasteiger partial charge in [0.2, 0.25) is 0 Å². The number of rotatable bonds is 7. The van der Waals surface area contributed by atoms with Gasteiger partial charge in [-0.25, -0.2) is 12.8 Å². The van der Waals surface area contributed by atoms with Crippen LogP contribution in [0.1, 0.15) is 19.8 Å². The Morgan fingerprint density at radius 2 is 2.04 bits per heavy atom. The molecule has 0 aliphatic carbocycles. The minimum atomic E-state index is -3.08. The van der Waals surface area contributed by atoms with Crippen LogP contribution in [-0.4, -0.2) is 49.7 Å². The molecule has 1 aromatic rings. The van der Waals surface area contributed by atoms with Gasteiger partial charge in [-0.1, -0.05) is 0 Å². The lowest BCUT2D eigenvalue weighted by Crippen LogP contribution is -2.42. The molecule has 0 radical (unpaired) electrons. The van der Waals surface area contributed by atoms with Crippen molar-refractivity contribution < 1.29 is 27.1 Å². The highest BCUT2D eigenvalue weighted by Crippen LogP contribution is 2.19. The summed E-state index contributed by atoms with van der Waals surface area (Å²) in [7, 11) is -3.08. The van der Waals surface area contributed by atoms with E-state index in [0.29, 0.717) is 12.2 Å². The van der Waals surface area contributed by atoms with E-state index in [2.05, 4.69) is 5.32 Å². The second-order valence-electron chi connectivity index (χ2n) is 5.79. The molecule has 0 bridgehead atoms. The Balaban J connectivity index is 1.68. The van der Waals surface area contributed by atoms with Crippen LogP contribution in [0.2, 0.25) is 0 Å². The van der Waals surface area contributed by atoms with Crippen LogP contribution in [0.5, 0.6) is 0 Å². The number of hydrogen-bond acceptors (Lipinski definition) is 6. The summed E-state index contributed by atoms with van der Waals surface area (Å²) in [5.41, 5.74) is 0. The van der Waals surface area contributed by atoms with Crippen LogP contribution in [-0.2, 0) is 24.2 Å². The van der Waals surface area contributed by atoms with Crippen LogP contribution in [0.15, 0.2) is 29.2 Å². The first-order chi connectivity index (χ1) is 11.7. The number of nitrogens with one attached hydrogen (secondary N) is 1. The van der Waals surface area contributed by atoms with Crippen LogP contribution in [0, 0.1) is 5.82 Å². The molecule has 0 unspecified atom stereocenters. The minimum absolute atomic E-state index is 0.0622. The molecule has 0 saturated carbocycles. The fourth-order valence-corrected chi connectivity index (χ4v) is 4.83. The number of carbonyl (C=O) groups excluding carboxylic acids is 2. The summed E-state index contributed by atoms with van der Waals surface area (Å²) in [5.74, 6) is -0.906. The Bertz CT molecular complexity index is 721. The number of halogens is 1. The van der Waals surface area contributed by atoms with Crippen molar-refractivity contribution in [3.8, 4) is 0 Å². The van der Waals surface area contributed by atoms with Crippen molar-refractivity contribution in [3.05, 3.63) is 30.1 Å². The topological polar surface area (TPSA) is 89.5 Å². The molecule has 1 fully saturated rings. The molecule has 9 heteroatoms. The monoisotopic (exact) mass is 389 g/mol. The number of benzene rings is 1. The zero-order valence-corrected chi connectivity index (χ0v) is 15.4. The Morgan fingerprint density at radius 1 is 1.36 bits per heavy atom. The maximum absolute atomic E-state index is 12.8. The van der Waals surface area contributed by atoms with E-state index < -0.39 is 33.9 Å². The van der Waals surface area contributed by atoms with Gasteiger partial charge < -0.3 is 10.1 Å². The smallest absolute Gasteiger partial charge is 0.307 e. The molecule has 1 saturated heterocycles. The van der Waals surface area contributed by atoms with Gasteiger partial charge in [0.1, 0.15) is 5.82 Å². The van der Waals surface area contributed by atoms with Crippen molar-refractivity contribution in [2.75, 3.05) is 17.3 Å². The van der Waals surface area contributed by atoms with Gasteiger partial charge in [0.15, 0.2) is 15.9 Å². The molecular formula is C16H20FNO5S2. The summed E-state index contributed by atoms with van der Waals surface area (Å²) >= 11 is 1.38. The first-order valence-electron chi connectivity index (χ1n) is 7.84. The van der Waals surface area contributed by atoms with Crippen molar-refractivity contribution in [1.29, 1.82) is 0 Å². The molecule has 2 rings (SSSR count). The summed E-state index contributed by atoms with van der Waals surface area (Å²) in [4.78, 5) is 24.6. The molecule has 1 amide bonds. The molecule has 1 aliphatic rings. The number of thioether (sulfide) groups is 1. The van der Waals surface area contributed by atoms with Gasteiger partial charge in [-0.05, 0) is 37.6 Å².